The second kappa shape index (κ2) is 8.02. The lowest BCUT2D eigenvalue weighted by molar-refractivity contribution is -0.135. The maximum Gasteiger partial charge on any atom is 0.341 e. The number of hydrogen-bond acceptors (Lipinski definition) is 6. The van der Waals surface area contributed by atoms with E-state index in [0.717, 1.165) is 47.4 Å². The minimum absolute atomic E-state index is 0.250. The highest BCUT2D eigenvalue weighted by molar-refractivity contribution is 7.17. The molecule has 1 saturated carbocycles. The zero-order chi connectivity index (χ0) is 21.5. The van der Waals surface area contributed by atoms with Crippen LogP contribution in [0.4, 0.5) is 9.80 Å². The third kappa shape index (κ3) is 3.59. The zero-order valence-electron chi connectivity index (χ0n) is 17.3. The number of nitrogens with zero attached hydrogens (tertiary/aromatic N) is 1. The van der Waals surface area contributed by atoms with Gasteiger partial charge in [0.1, 0.15) is 17.1 Å². The molecule has 2 heterocycles. The van der Waals surface area contributed by atoms with Gasteiger partial charge in [-0.1, -0.05) is 6.92 Å². The Morgan fingerprint density at radius 1 is 1.27 bits per heavy atom. The maximum absolute atomic E-state index is 13.0. The van der Waals surface area contributed by atoms with Crippen molar-refractivity contribution in [2.24, 2.45) is 5.92 Å². The van der Waals surface area contributed by atoms with Crippen LogP contribution in [-0.2, 0) is 27.2 Å². The second-order valence-corrected chi connectivity index (χ2v) is 9.52. The van der Waals surface area contributed by atoms with Crippen molar-refractivity contribution in [3.8, 4) is 0 Å². The highest BCUT2D eigenvalue weighted by atomic mass is 32.1. The van der Waals surface area contributed by atoms with Crippen LogP contribution in [0.2, 0.25) is 0 Å². The predicted octanol–water partition coefficient (Wildman–Crippen LogP) is 2.85. The molecular weight excluding hydrogens is 406 g/mol. The van der Waals surface area contributed by atoms with E-state index in [1.807, 2.05) is 0 Å². The van der Waals surface area contributed by atoms with Gasteiger partial charge in [-0.2, -0.15) is 0 Å². The first-order valence-electron chi connectivity index (χ1n) is 10.6. The number of fused-ring (bicyclic) bond motifs is 1. The number of hydrogen-bond donors (Lipinski definition) is 2. The van der Waals surface area contributed by atoms with Crippen LogP contribution >= 0.6 is 11.3 Å². The summed E-state index contributed by atoms with van der Waals surface area (Å²) in [6, 6.07) is -0.524. The Morgan fingerprint density at radius 2 is 2.00 bits per heavy atom. The normalized spacial score (nSPS) is 25.4. The summed E-state index contributed by atoms with van der Waals surface area (Å²) >= 11 is 1.38. The maximum atomic E-state index is 13.0. The van der Waals surface area contributed by atoms with Crippen molar-refractivity contribution in [2.45, 2.75) is 64.3 Å². The van der Waals surface area contributed by atoms with E-state index < -0.39 is 23.4 Å². The number of imide groups is 1. The molecule has 0 aromatic carbocycles. The number of thiophene rings is 1. The zero-order valence-corrected chi connectivity index (χ0v) is 18.2. The third-order valence-electron chi connectivity index (χ3n) is 6.33. The van der Waals surface area contributed by atoms with Crippen molar-refractivity contribution in [2.75, 3.05) is 18.5 Å². The van der Waals surface area contributed by atoms with Crippen molar-refractivity contribution < 1.29 is 23.9 Å². The molecule has 9 heteroatoms. The fraction of sp³-hybridized carbons (Fsp3) is 0.619. The number of esters is 1. The topological polar surface area (TPSA) is 105 Å². The highest BCUT2D eigenvalue weighted by Crippen LogP contribution is 2.40. The Balaban J connectivity index is 1.47. The van der Waals surface area contributed by atoms with Crippen molar-refractivity contribution >= 4 is 40.2 Å². The Bertz CT molecular complexity index is 901. The molecule has 1 saturated heterocycles. The van der Waals surface area contributed by atoms with Crippen LogP contribution in [-0.4, -0.2) is 47.4 Å². The van der Waals surface area contributed by atoms with Crippen LogP contribution in [0.3, 0.4) is 0 Å². The molecule has 2 N–H and O–H groups in total. The van der Waals surface area contributed by atoms with Crippen LogP contribution in [0, 0.1) is 5.92 Å². The summed E-state index contributed by atoms with van der Waals surface area (Å²) in [5.41, 5.74) is 0.487. The fourth-order valence-corrected chi connectivity index (χ4v) is 5.93. The number of carbonyl (C=O) groups is 4. The SMILES string of the molecule is CCOC(=O)c1c(NC(=O)CN2C(=O)NC3(CCC(C)CC3)C2=O)sc2c1CCC2. The lowest BCUT2D eigenvalue weighted by Crippen LogP contribution is -2.49. The molecule has 30 heavy (non-hydrogen) atoms. The molecule has 1 aliphatic heterocycles. The van der Waals surface area contributed by atoms with Crippen molar-refractivity contribution in [3.05, 3.63) is 16.0 Å². The number of nitrogens with one attached hydrogen (secondary N) is 2. The number of carbonyl (C=O) groups excluding carboxylic acids is 4. The molecular formula is C21H27N3O5S. The fourth-order valence-electron chi connectivity index (χ4n) is 4.63. The van der Waals surface area contributed by atoms with Crippen LogP contribution < -0.4 is 10.6 Å². The van der Waals surface area contributed by atoms with Gasteiger partial charge in [-0.25, -0.2) is 9.59 Å². The Hall–Kier alpha value is -2.42. The second-order valence-electron chi connectivity index (χ2n) is 8.42. The molecule has 1 spiro atoms. The smallest absolute Gasteiger partial charge is 0.341 e. The van der Waals surface area contributed by atoms with Gasteiger partial charge in [0.2, 0.25) is 5.91 Å². The molecule has 3 aliphatic rings. The van der Waals surface area contributed by atoms with E-state index in [4.69, 9.17) is 4.74 Å². The van der Waals surface area contributed by atoms with Gasteiger partial charge in [-0.05, 0) is 63.4 Å². The van der Waals surface area contributed by atoms with Crippen molar-refractivity contribution in [3.63, 3.8) is 0 Å². The lowest BCUT2D eigenvalue weighted by atomic mass is 9.77. The first-order valence-corrected chi connectivity index (χ1v) is 11.4. The Kier molecular flexibility index (Phi) is 5.57. The predicted molar refractivity (Wildman–Crippen MR) is 112 cm³/mol. The van der Waals surface area contributed by atoms with Gasteiger partial charge in [0.05, 0.1) is 12.2 Å². The summed E-state index contributed by atoms with van der Waals surface area (Å²) in [6.45, 7) is 3.76. The molecule has 4 rings (SSSR count). The molecule has 0 radical (unpaired) electrons. The van der Waals surface area contributed by atoms with Crippen LogP contribution in [0.15, 0.2) is 0 Å². The summed E-state index contributed by atoms with van der Waals surface area (Å²) in [6.07, 6.45) is 5.57. The number of aryl methyl sites for hydroxylation is 1. The van der Waals surface area contributed by atoms with Gasteiger partial charge in [0.25, 0.3) is 5.91 Å². The van der Waals surface area contributed by atoms with Gasteiger partial charge in [-0.3, -0.25) is 14.5 Å². The largest absolute Gasteiger partial charge is 0.462 e. The Labute approximate surface area is 179 Å². The first kappa shape index (κ1) is 20.8. The first-order chi connectivity index (χ1) is 14.3. The molecule has 4 amide bonds. The van der Waals surface area contributed by atoms with Crippen LogP contribution in [0.1, 0.15) is 66.8 Å². The van der Waals surface area contributed by atoms with Crippen molar-refractivity contribution in [1.82, 2.24) is 10.2 Å². The van der Waals surface area contributed by atoms with Gasteiger partial charge in [0, 0.05) is 4.88 Å². The molecule has 1 aromatic heterocycles. The van der Waals surface area contributed by atoms with Crippen LogP contribution in [0.25, 0.3) is 0 Å². The highest BCUT2D eigenvalue weighted by Gasteiger charge is 2.52. The lowest BCUT2D eigenvalue weighted by Gasteiger charge is -2.33. The molecule has 1 aromatic rings. The van der Waals surface area contributed by atoms with Gasteiger partial charge in [-0.15, -0.1) is 11.3 Å². The summed E-state index contributed by atoms with van der Waals surface area (Å²) in [5, 5.41) is 6.01. The van der Waals surface area contributed by atoms with Gasteiger partial charge in [0.15, 0.2) is 0 Å². The summed E-state index contributed by atoms with van der Waals surface area (Å²) in [4.78, 5) is 52.6. The van der Waals surface area contributed by atoms with E-state index in [1.54, 1.807) is 6.92 Å². The van der Waals surface area contributed by atoms with E-state index >= 15 is 0 Å². The van der Waals surface area contributed by atoms with E-state index in [1.165, 1.54) is 11.3 Å². The van der Waals surface area contributed by atoms with E-state index in [2.05, 4.69) is 17.6 Å². The monoisotopic (exact) mass is 433 g/mol. The molecule has 0 unspecified atom stereocenters. The van der Waals surface area contributed by atoms with Gasteiger partial charge < -0.3 is 15.4 Å². The summed E-state index contributed by atoms with van der Waals surface area (Å²) in [5.74, 6) is -0.740. The number of amides is 4. The molecule has 0 bridgehead atoms. The molecule has 2 aliphatic carbocycles. The quantitative estimate of drug-likeness (QED) is 0.549. The molecule has 8 nitrogen and oxygen atoms in total. The van der Waals surface area contributed by atoms with Crippen molar-refractivity contribution in [1.29, 1.82) is 0 Å². The standard InChI is InChI=1S/C21H27N3O5S/c1-3-29-18(26)16-13-5-4-6-14(13)30-17(16)22-15(25)11-24-19(27)21(23-20(24)28)9-7-12(2)8-10-21/h12H,3-11H2,1-2H3,(H,22,25)(H,23,28). The average Bonchev–Trinajstić information content (AvgIpc) is 3.33. The Morgan fingerprint density at radius 3 is 2.70 bits per heavy atom. The van der Waals surface area contributed by atoms with Crippen LogP contribution in [0.5, 0.6) is 0 Å². The number of urea groups is 1. The third-order valence-corrected chi connectivity index (χ3v) is 7.54. The summed E-state index contributed by atoms with van der Waals surface area (Å²) < 4.78 is 5.17. The number of rotatable bonds is 5. The van der Waals surface area contributed by atoms with E-state index in [9.17, 15) is 19.2 Å². The summed E-state index contributed by atoms with van der Waals surface area (Å²) in [7, 11) is 0. The number of ether oxygens (including phenoxy) is 1. The minimum atomic E-state index is -0.871. The molecule has 162 valence electrons. The minimum Gasteiger partial charge on any atom is -0.462 e. The number of anilines is 1. The molecule has 2 fully saturated rings. The average molecular weight is 434 g/mol. The van der Waals surface area contributed by atoms with Gasteiger partial charge >= 0.3 is 12.0 Å². The molecule has 0 atom stereocenters. The van der Waals surface area contributed by atoms with E-state index in [0.29, 0.717) is 29.3 Å². The van der Waals surface area contributed by atoms with E-state index in [-0.39, 0.29) is 19.1 Å².